The molecule has 2 heterocycles. The highest BCUT2D eigenvalue weighted by molar-refractivity contribution is 7.15. The number of hydrogen-bond acceptors (Lipinski definition) is 8. The summed E-state index contributed by atoms with van der Waals surface area (Å²) >= 11 is 1.19. The normalized spacial score (nSPS) is 10.5. The maximum Gasteiger partial charge on any atom is 0.344 e. The van der Waals surface area contributed by atoms with Crippen LogP contribution in [0.5, 0.6) is 0 Å². The van der Waals surface area contributed by atoms with E-state index in [4.69, 9.17) is 14.0 Å². The number of benzene rings is 1. The zero-order chi connectivity index (χ0) is 21.7. The van der Waals surface area contributed by atoms with Crippen molar-refractivity contribution in [2.75, 3.05) is 18.5 Å². The highest BCUT2D eigenvalue weighted by atomic mass is 32.1. The summed E-state index contributed by atoms with van der Waals surface area (Å²) in [6.07, 6.45) is 0. The number of aromatic nitrogens is 1. The molecule has 1 amide bonds. The van der Waals surface area contributed by atoms with Crippen LogP contribution in [0.2, 0.25) is 0 Å². The van der Waals surface area contributed by atoms with Crippen molar-refractivity contribution in [2.24, 2.45) is 0 Å². The summed E-state index contributed by atoms with van der Waals surface area (Å²) in [7, 11) is 0. The van der Waals surface area contributed by atoms with Crippen molar-refractivity contribution in [2.45, 2.75) is 20.8 Å². The zero-order valence-corrected chi connectivity index (χ0v) is 17.5. The van der Waals surface area contributed by atoms with E-state index in [9.17, 15) is 14.4 Å². The lowest BCUT2D eigenvalue weighted by Crippen LogP contribution is -2.22. The lowest BCUT2D eigenvalue weighted by molar-refractivity contribution is -0.119. The lowest BCUT2D eigenvalue weighted by Gasteiger charge is -2.09. The summed E-state index contributed by atoms with van der Waals surface area (Å²) < 4.78 is 15.1. The van der Waals surface area contributed by atoms with E-state index in [1.54, 1.807) is 26.2 Å². The predicted molar refractivity (Wildman–Crippen MR) is 111 cm³/mol. The number of esters is 2. The standard InChI is InChI=1S/C21H20N2O6S/c1-4-27-21(26)18-15(14-8-6-5-7-9-14)11-30-19(18)22-16(24)10-28-20(25)17-12(2)23-29-13(17)3/h5-9,11H,4,10H2,1-3H3,(H,22,24). The number of amides is 1. The summed E-state index contributed by atoms with van der Waals surface area (Å²) in [6.45, 7) is 4.57. The second-order valence-corrected chi connectivity index (χ2v) is 7.14. The molecule has 0 saturated heterocycles. The van der Waals surface area contributed by atoms with Gasteiger partial charge < -0.3 is 19.3 Å². The minimum Gasteiger partial charge on any atom is -0.462 e. The number of ether oxygens (including phenoxy) is 2. The molecule has 1 N–H and O–H groups in total. The molecule has 3 aromatic rings. The lowest BCUT2D eigenvalue weighted by atomic mass is 10.0. The van der Waals surface area contributed by atoms with Gasteiger partial charge in [-0.1, -0.05) is 35.5 Å². The van der Waals surface area contributed by atoms with Gasteiger partial charge in [0, 0.05) is 10.9 Å². The Hall–Kier alpha value is -3.46. The molecule has 0 spiro atoms. The number of hydrogen-bond donors (Lipinski definition) is 1. The molecule has 156 valence electrons. The van der Waals surface area contributed by atoms with Gasteiger partial charge in [-0.2, -0.15) is 0 Å². The highest BCUT2D eigenvalue weighted by Gasteiger charge is 2.24. The second kappa shape index (κ2) is 9.36. The first-order valence-electron chi connectivity index (χ1n) is 9.16. The Balaban J connectivity index is 1.75. The molecule has 0 radical (unpaired) electrons. The SMILES string of the molecule is CCOC(=O)c1c(-c2ccccc2)csc1NC(=O)COC(=O)c1c(C)noc1C. The molecule has 0 saturated carbocycles. The highest BCUT2D eigenvalue weighted by Crippen LogP contribution is 2.36. The maximum absolute atomic E-state index is 12.5. The molecule has 8 nitrogen and oxygen atoms in total. The van der Waals surface area contributed by atoms with E-state index in [0.29, 0.717) is 22.0 Å². The van der Waals surface area contributed by atoms with Gasteiger partial charge in [0.15, 0.2) is 6.61 Å². The molecule has 1 aromatic carbocycles. The summed E-state index contributed by atoms with van der Waals surface area (Å²) in [5.41, 5.74) is 2.31. The molecule has 3 rings (SSSR count). The minimum atomic E-state index is -0.705. The molecule has 2 aromatic heterocycles. The quantitative estimate of drug-likeness (QED) is 0.567. The van der Waals surface area contributed by atoms with E-state index < -0.39 is 24.5 Å². The van der Waals surface area contributed by atoms with Crippen LogP contribution >= 0.6 is 11.3 Å². The number of carbonyl (C=O) groups excluding carboxylic acids is 3. The average molecular weight is 428 g/mol. The van der Waals surface area contributed by atoms with Crippen LogP contribution in [0.1, 0.15) is 39.1 Å². The van der Waals surface area contributed by atoms with Crippen LogP contribution in [0.3, 0.4) is 0 Å². The Morgan fingerprint density at radius 2 is 1.77 bits per heavy atom. The third kappa shape index (κ3) is 4.57. The van der Waals surface area contributed by atoms with E-state index in [-0.39, 0.29) is 17.7 Å². The van der Waals surface area contributed by atoms with Crippen molar-refractivity contribution in [3.8, 4) is 11.1 Å². The van der Waals surface area contributed by atoms with Gasteiger partial charge in [0.1, 0.15) is 21.9 Å². The fourth-order valence-electron chi connectivity index (χ4n) is 2.83. The fraction of sp³-hybridized carbons (Fsp3) is 0.238. The van der Waals surface area contributed by atoms with Gasteiger partial charge >= 0.3 is 11.9 Å². The van der Waals surface area contributed by atoms with Gasteiger partial charge in [-0.3, -0.25) is 4.79 Å². The number of thiophene rings is 1. The van der Waals surface area contributed by atoms with Crippen molar-refractivity contribution in [3.63, 3.8) is 0 Å². The summed E-state index contributed by atoms with van der Waals surface area (Å²) in [6, 6.07) is 9.31. The average Bonchev–Trinajstić information content (AvgIpc) is 3.30. The van der Waals surface area contributed by atoms with E-state index >= 15 is 0 Å². The first kappa shape index (κ1) is 21.3. The number of anilines is 1. The number of nitrogens with one attached hydrogen (secondary N) is 1. The molecule has 0 aliphatic rings. The Labute approximate surface area is 176 Å². The molecule has 0 fully saturated rings. The largest absolute Gasteiger partial charge is 0.462 e. The zero-order valence-electron chi connectivity index (χ0n) is 16.7. The van der Waals surface area contributed by atoms with Crippen LogP contribution in [-0.4, -0.2) is 36.2 Å². The minimum absolute atomic E-state index is 0.192. The van der Waals surface area contributed by atoms with Gasteiger partial charge in [0.25, 0.3) is 5.91 Å². The van der Waals surface area contributed by atoms with E-state index in [1.807, 2.05) is 30.3 Å². The Morgan fingerprint density at radius 1 is 1.07 bits per heavy atom. The van der Waals surface area contributed by atoms with Gasteiger partial charge in [0.05, 0.1) is 12.3 Å². The van der Waals surface area contributed by atoms with E-state index in [0.717, 1.165) is 5.56 Å². The number of aryl methyl sites for hydroxylation is 2. The van der Waals surface area contributed by atoms with Crippen LogP contribution in [0.25, 0.3) is 11.1 Å². The van der Waals surface area contributed by atoms with Crippen LogP contribution < -0.4 is 5.32 Å². The topological polar surface area (TPSA) is 108 Å². The molecule has 0 bridgehead atoms. The second-order valence-electron chi connectivity index (χ2n) is 6.26. The molecular weight excluding hydrogens is 408 g/mol. The van der Waals surface area contributed by atoms with Crippen molar-refractivity contribution in [1.29, 1.82) is 0 Å². The van der Waals surface area contributed by atoms with Gasteiger partial charge in [0.2, 0.25) is 0 Å². The van der Waals surface area contributed by atoms with Crippen LogP contribution in [-0.2, 0) is 14.3 Å². The third-order valence-corrected chi connectivity index (χ3v) is 5.08. The predicted octanol–water partition coefficient (Wildman–Crippen LogP) is 3.99. The summed E-state index contributed by atoms with van der Waals surface area (Å²) in [5.74, 6) is -1.51. The summed E-state index contributed by atoms with van der Waals surface area (Å²) in [5, 5.41) is 8.41. The Kier molecular flexibility index (Phi) is 6.63. The number of nitrogens with zero attached hydrogens (tertiary/aromatic N) is 1. The molecule has 0 atom stereocenters. The van der Waals surface area contributed by atoms with Crippen molar-refractivity contribution in [1.82, 2.24) is 5.16 Å². The smallest absolute Gasteiger partial charge is 0.344 e. The summed E-state index contributed by atoms with van der Waals surface area (Å²) in [4.78, 5) is 37.1. The van der Waals surface area contributed by atoms with Crippen LogP contribution in [0.15, 0.2) is 40.2 Å². The molecule has 9 heteroatoms. The first-order valence-corrected chi connectivity index (χ1v) is 10.0. The monoisotopic (exact) mass is 428 g/mol. The van der Waals surface area contributed by atoms with Gasteiger partial charge in [-0.15, -0.1) is 11.3 Å². The van der Waals surface area contributed by atoms with Gasteiger partial charge in [-0.05, 0) is 26.3 Å². The Bertz CT molecular complexity index is 1050. The van der Waals surface area contributed by atoms with Crippen LogP contribution in [0.4, 0.5) is 5.00 Å². The molecule has 30 heavy (non-hydrogen) atoms. The van der Waals surface area contributed by atoms with E-state index in [1.165, 1.54) is 11.3 Å². The first-order chi connectivity index (χ1) is 14.4. The van der Waals surface area contributed by atoms with Crippen molar-refractivity contribution < 1.29 is 28.4 Å². The molecule has 0 aliphatic carbocycles. The number of rotatable bonds is 7. The fourth-order valence-corrected chi connectivity index (χ4v) is 3.80. The molecular formula is C21H20N2O6S. The molecule has 0 unspecified atom stereocenters. The Morgan fingerprint density at radius 3 is 2.40 bits per heavy atom. The molecule has 0 aliphatic heterocycles. The van der Waals surface area contributed by atoms with Crippen LogP contribution in [0, 0.1) is 13.8 Å². The van der Waals surface area contributed by atoms with Crippen molar-refractivity contribution >= 4 is 34.2 Å². The maximum atomic E-state index is 12.5. The van der Waals surface area contributed by atoms with Gasteiger partial charge in [-0.25, -0.2) is 9.59 Å². The third-order valence-electron chi connectivity index (χ3n) is 4.18. The number of carbonyl (C=O) groups is 3. The van der Waals surface area contributed by atoms with E-state index in [2.05, 4.69) is 10.5 Å². The van der Waals surface area contributed by atoms with Crippen molar-refractivity contribution in [3.05, 3.63) is 58.3 Å².